The van der Waals surface area contributed by atoms with Gasteiger partial charge in [-0.15, -0.1) is 0 Å². The van der Waals surface area contributed by atoms with Crippen molar-refractivity contribution in [2.75, 3.05) is 14.1 Å². The van der Waals surface area contributed by atoms with Crippen molar-refractivity contribution in [2.24, 2.45) is 0 Å². The van der Waals surface area contributed by atoms with Crippen LogP contribution in [0.5, 0.6) is 0 Å². The molecule has 0 fully saturated rings. The van der Waals surface area contributed by atoms with Gasteiger partial charge in [-0.25, -0.2) is 0 Å². The van der Waals surface area contributed by atoms with Crippen molar-refractivity contribution in [3.63, 3.8) is 0 Å². The highest BCUT2D eigenvalue weighted by atomic mass is 32.2. The summed E-state index contributed by atoms with van der Waals surface area (Å²) < 4.78 is 2.98. The predicted octanol–water partition coefficient (Wildman–Crippen LogP) is 2.60. The van der Waals surface area contributed by atoms with Crippen molar-refractivity contribution in [1.82, 2.24) is 9.21 Å². The Morgan fingerprint density at radius 2 is 1.46 bits per heavy atom. The summed E-state index contributed by atoms with van der Waals surface area (Å²) >= 11 is 6.96. The van der Waals surface area contributed by atoms with E-state index in [2.05, 4.69) is 32.6 Å². The molecular formula is C9H20N2S2. The van der Waals surface area contributed by atoms with Crippen molar-refractivity contribution in [2.45, 2.75) is 39.8 Å². The van der Waals surface area contributed by atoms with Crippen LogP contribution in [0, 0.1) is 0 Å². The van der Waals surface area contributed by atoms with Gasteiger partial charge in [0, 0.05) is 12.1 Å². The van der Waals surface area contributed by atoms with Gasteiger partial charge in [-0.3, -0.25) is 4.31 Å². The van der Waals surface area contributed by atoms with Crippen LogP contribution in [0.25, 0.3) is 0 Å². The van der Waals surface area contributed by atoms with Gasteiger partial charge < -0.3 is 4.90 Å². The molecule has 0 spiro atoms. The monoisotopic (exact) mass is 220 g/mol. The molecule has 4 heteroatoms. The van der Waals surface area contributed by atoms with Gasteiger partial charge in [0.15, 0.2) is 4.32 Å². The minimum absolute atomic E-state index is 0.472. The Kier molecular flexibility index (Phi) is 5.92. The first kappa shape index (κ1) is 13.2. The SMILES string of the molecule is CC(C)N(C(=S)SN(C)C)C(C)C. The second-order valence-corrected chi connectivity index (χ2v) is 5.71. The maximum atomic E-state index is 5.35. The van der Waals surface area contributed by atoms with E-state index < -0.39 is 0 Å². The van der Waals surface area contributed by atoms with E-state index in [1.165, 1.54) is 0 Å². The van der Waals surface area contributed by atoms with Crippen LogP contribution in [0.1, 0.15) is 27.7 Å². The van der Waals surface area contributed by atoms with Crippen LogP contribution < -0.4 is 0 Å². The van der Waals surface area contributed by atoms with Gasteiger partial charge in [-0.05, 0) is 53.7 Å². The van der Waals surface area contributed by atoms with Crippen LogP contribution in [-0.4, -0.2) is 39.7 Å². The van der Waals surface area contributed by atoms with E-state index in [-0.39, 0.29) is 0 Å². The molecule has 0 atom stereocenters. The fourth-order valence-electron chi connectivity index (χ4n) is 1.22. The molecule has 0 aromatic heterocycles. The first-order chi connectivity index (χ1) is 5.86. The number of nitrogens with zero attached hydrogens (tertiary/aromatic N) is 2. The van der Waals surface area contributed by atoms with Gasteiger partial charge in [-0.2, -0.15) is 0 Å². The Bertz CT molecular complexity index is 159. The number of rotatable bonds is 3. The summed E-state index contributed by atoms with van der Waals surface area (Å²) in [6.07, 6.45) is 0. The Hall–Kier alpha value is 0.200. The van der Waals surface area contributed by atoms with E-state index in [0.717, 1.165) is 4.32 Å². The molecule has 0 rings (SSSR count). The molecular weight excluding hydrogens is 200 g/mol. The molecule has 0 radical (unpaired) electrons. The lowest BCUT2D eigenvalue weighted by molar-refractivity contribution is 0.302. The topological polar surface area (TPSA) is 6.48 Å². The Balaban J connectivity index is 4.29. The van der Waals surface area contributed by atoms with Gasteiger partial charge in [-0.1, -0.05) is 12.2 Å². The molecule has 78 valence electrons. The lowest BCUT2D eigenvalue weighted by Crippen LogP contribution is -2.40. The molecule has 0 bridgehead atoms. The number of hydrogen-bond acceptors (Lipinski definition) is 3. The highest BCUT2D eigenvalue weighted by Crippen LogP contribution is 2.16. The summed E-state index contributed by atoms with van der Waals surface area (Å²) in [4.78, 5) is 2.25. The highest BCUT2D eigenvalue weighted by molar-refractivity contribution is 8.21. The molecule has 0 amide bonds. The maximum Gasteiger partial charge on any atom is 0.152 e. The van der Waals surface area contributed by atoms with Gasteiger partial charge in [0.2, 0.25) is 0 Å². The van der Waals surface area contributed by atoms with E-state index in [0.29, 0.717) is 12.1 Å². The molecule has 0 aliphatic heterocycles. The molecule has 0 aliphatic rings. The summed E-state index contributed by atoms with van der Waals surface area (Å²) in [6.45, 7) is 8.68. The second kappa shape index (κ2) is 5.83. The maximum absolute atomic E-state index is 5.35. The van der Waals surface area contributed by atoms with Crippen LogP contribution in [0.4, 0.5) is 0 Å². The Labute approximate surface area is 91.8 Å². The highest BCUT2D eigenvalue weighted by Gasteiger charge is 2.17. The van der Waals surface area contributed by atoms with E-state index in [1.807, 2.05) is 18.4 Å². The summed E-state index contributed by atoms with van der Waals surface area (Å²) in [5.74, 6) is 0. The van der Waals surface area contributed by atoms with Crippen molar-refractivity contribution in [3.8, 4) is 0 Å². The molecule has 0 N–H and O–H groups in total. The number of thiocarbonyl (C=S) groups is 1. The third-order valence-electron chi connectivity index (χ3n) is 1.58. The van der Waals surface area contributed by atoms with Crippen LogP contribution in [0.15, 0.2) is 0 Å². The molecule has 0 unspecified atom stereocenters. The Morgan fingerprint density at radius 1 is 1.08 bits per heavy atom. The van der Waals surface area contributed by atoms with Gasteiger partial charge in [0.1, 0.15) is 0 Å². The van der Waals surface area contributed by atoms with E-state index in [4.69, 9.17) is 12.2 Å². The van der Waals surface area contributed by atoms with E-state index in [9.17, 15) is 0 Å². The summed E-state index contributed by atoms with van der Waals surface area (Å²) in [5, 5.41) is 0. The zero-order valence-electron chi connectivity index (χ0n) is 9.37. The fraction of sp³-hybridized carbons (Fsp3) is 0.889. The quantitative estimate of drug-likeness (QED) is 0.532. The zero-order valence-corrected chi connectivity index (χ0v) is 11.0. The standard InChI is InChI=1S/C9H20N2S2/c1-7(2)11(8(3)4)9(12)13-10(5)6/h7-8H,1-6H3. The number of hydrogen-bond donors (Lipinski definition) is 0. The van der Waals surface area contributed by atoms with E-state index >= 15 is 0 Å². The van der Waals surface area contributed by atoms with Gasteiger partial charge in [0.05, 0.1) is 0 Å². The van der Waals surface area contributed by atoms with Crippen molar-refractivity contribution < 1.29 is 0 Å². The third kappa shape index (κ3) is 4.84. The summed E-state index contributed by atoms with van der Waals surface area (Å²) in [6, 6.07) is 0.944. The minimum atomic E-state index is 0.472. The summed E-state index contributed by atoms with van der Waals surface area (Å²) in [7, 11) is 4.02. The van der Waals surface area contributed by atoms with Crippen molar-refractivity contribution >= 4 is 28.5 Å². The normalized spacial score (nSPS) is 11.5. The lowest BCUT2D eigenvalue weighted by Gasteiger charge is -2.33. The minimum Gasteiger partial charge on any atom is -0.352 e. The average molecular weight is 220 g/mol. The molecule has 0 aromatic carbocycles. The van der Waals surface area contributed by atoms with Crippen LogP contribution >= 0.6 is 24.2 Å². The first-order valence-electron chi connectivity index (χ1n) is 4.53. The van der Waals surface area contributed by atoms with Crippen molar-refractivity contribution in [3.05, 3.63) is 0 Å². The molecule has 0 aliphatic carbocycles. The fourth-order valence-corrected chi connectivity index (χ4v) is 2.92. The van der Waals surface area contributed by atoms with Crippen LogP contribution in [0.2, 0.25) is 0 Å². The average Bonchev–Trinajstić information content (AvgIpc) is 1.81. The molecule has 2 nitrogen and oxygen atoms in total. The van der Waals surface area contributed by atoms with E-state index in [1.54, 1.807) is 11.9 Å². The summed E-state index contributed by atoms with van der Waals surface area (Å²) in [5.41, 5.74) is 0. The predicted molar refractivity (Wildman–Crippen MR) is 66.0 cm³/mol. The van der Waals surface area contributed by atoms with Crippen LogP contribution in [-0.2, 0) is 0 Å². The molecule has 0 saturated heterocycles. The first-order valence-corrected chi connectivity index (χ1v) is 5.72. The lowest BCUT2D eigenvalue weighted by atomic mass is 10.2. The van der Waals surface area contributed by atoms with Crippen LogP contribution in [0.3, 0.4) is 0 Å². The third-order valence-corrected chi connectivity index (χ3v) is 2.75. The second-order valence-electron chi connectivity index (χ2n) is 3.76. The smallest absolute Gasteiger partial charge is 0.152 e. The molecule has 0 heterocycles. The molecule has 0 saturated carbocycles. The van der Waals surface area contributed by atoms with Gasteiger partial charge in [0.25, 0.3) is 0 Å². The molecule has 0 aromatic rings. The molecule has 13 heavy (non-hydrogen) atoms. The van der Waals surface area contributed by atoms with Gasteiger partial charge >= 0.3 is 0 Å². The zero-order chi connectivity index (χ0) is 10.6. The largest absolute Gasteiger partial charge is 0.352 e. The Morgan fingerprint density at radius 3 is 1.69 bits per heavy atom. The van der Waals surface area contributed by atoms with Crippen molar-refractivity contribution in [1.29, 1.82) is 0 Å².